The lowest BCUT2D eigenvalue weighted by atomic mass is 10.4. The number of nitrogens with one attached hydrogen (secondary N) is 1. The van der Waals surface area contributed by atoms with E-state index < -0.39 is 26.0 Å². The number of hydrogen-bond donors (Lipinski definition) is 1. The van der Waals surface area contributed by atoms with Crippen LogP contribution < -0.4 is 4.72 Å². The predicted molar refractivity (Wildman–Crippen MR) is 95.5 cm³/mol. The highest BCUT2D eigenvalue weighted by Gasteiger charge is 2.29. The first-order valence-electron chi connectivity index (χ1n) is 8.49. The zero-order valence-electron chi connectivity index (χ0n) is 14.8. The van der Waals surface area contributed by atoms with Crippen LogP contribution in [0.4, 0.5) is 0 Å². The fraction of sp³-hybridized carbons (Fsp3) is 0.562. The molecule has 0 aliphatic heterocycles. The van der Waals surface area contributed by atoms with Crippen molar-refractivity contribution in [2.75, 3.05) is 19.7 Å². The van der Waals surface area contributed by atoms with Crippen molar-refractivity contribution in [2.45, 2.75) is 48.9 Å². The number of rotatable bonds is 10. The summed E-state index contributed by atoms with van der Waals surface area (Å²) in [5.41, 5.74) is 0. The highest BCUT2D eigenvalue weighted by Crippen LogP contribution is 2.23. The molecule has 1 N–H and O–H groups in total. The van der Waals surface area contributed by atoms with E-state index >= 15 is 0 Å². The van der Waals surface area contributed by atoms with Crippen molar-refractivity contribution in [3.8, 4) is 0 Å². The molecule has 1 aliphatic rings. The van der Waals surface area contributed by atoms with Gasteiger partial charge in [-0.2, -0.15) is 4.31 Å². The van der Waals surface area contributed by atoms with E-state index in [4.69, 9.17) is 4.74 Å². The van der Waals surface area contributed by atoms with Crippen LogP contribution in [0.25, 0.3) is 0 Å². The average molecular weight is 405 g/mol. The topological polar surface area (TPSA) is 110 Å². The third-order valence-electron chi connectivity index (χ3n) is 3.75. The van der Waals surface area contributed by atoms with Crippen LogP contribution in [0.15, 0.2) is 34.1 Å². The second-order valence-electron chi connectivity index (χ2n) is 6.01. The molecule has 0 amide bonds. The lowest BCUT2D eigenvalue weighted by Crippen LogP contribution is -2.37. The molecule has 1 fully saturated rings. The number of sulfonamides is 2. The minimum atomic E-state index is -3.93. The molecule has 1 aromatic carbocycles. The van der Waals surface area contributed by atoms with Gasteiger partial charge in [-0.3, -0.25) is 4.79 Å². The van der Waals surface area contributed by atoms with E-state index in [-0.39, 0.29) is 35.5 Å². The summed E-state index contributed by atoms with van der Waals surface area (Å²) >= 11 is 0. The molecule has 1 aromatic rings. The molecule has 0 atom stereocenters. The number of esters is 1. The molecule has 146 valence electrons. The van der Waals surface area contributed by atoms with E-state index in [1.165, 1.54) is 24.3 Å². The van der Waals surface area contributed by atoms with Crippen molar-refractivity contribution < 1.29 is 26.4 Å². The van der Waals surface area contributed by atoms with E-state index in [9.17, 15) is 21.6 Å². The summed E-state index contributed by atoms with van der Waals surface area (Å²) in [7, 11) is -7.58. The van der Waals surface area contributed by atoms with Crippen molar-refractivity contribution in [3.05, 3.63) is 24.3 Å². The molecule has 0 heterocycles. The highest BCUT2D eigenvalue weighted by atomic mass is 32.2. The van der Waals surface area contributed by atoms with Crippen LogP contribution in [-0.2, 0) is 29.6 Å². The maximum Gasteiger partial charge on any atom is 0.321 e. The Bertz CT molecular complexity index is 830. The van der Waals surface area contributed by atoms with Crippen LogP contribution >= 0.6 is 0 Å². The molecular formula is C16H24N2O6S2. The number of benzene rings is 1. The molecule has 10 heteroatoms. The standard InChI is InChI=1S/C16H24N2O6S2/c1-3-11-18(12-16(19)24-4-2)26(22,23)15-9-7-14(8-10-15)25(20,21)17-13-5-6-13/h7-10,13,17H,3-6,11-12H2,1-2H3. The summed E-state index contributed by atoms with van der Waals surface area (Å²) in [5, 5.41) is 0. The minimum absolute atomic E-state index is 0.00999. The van der Waals surface area contributed by atoms with Gasteiger partial charge >= 0.3 is 5.97 Å². The molecule has 0 radical (unpaired) electrons. The quantitative estimate of drug-likeness (QED) is 0.585. The lowest BCUT2D eigenvalue weighted by molar-refractivity contribution is -0.143. The van der Waals surface area contributed by atoms with Crippen molar-refractivity contribution >= 4 is 26.0 Å². The number of nitrogens with zero attached hydrogens (tertiary/aromatic N) is 1. The number of ether oxygens (including phenoxy) is 1. The van der Waals surface area contributed by atoms with E-state index in [1.807, 2.05) is 0 Å². The zero-order valence-corrected chi connectivity index (χ0v) is 16.5. The highest BCUT2D eigenvalue weighted by molar-refractivity contribution is 7.89. The van der Waals surface area contributed by atoms with Crippen molar-refractivity contribution in [3.63, 3.8) is 0 Å². The van der Waals surface area contributed by atoms with Gasteiger partial charge < -0.3 is 4.74 Å². The summed E-state index contributed by atoms with van der Waals surface area (Å²) in [6.45, 7) is 3.38. The SMILES string of the molecule is CCCN(CC(=O)OCC)S(=O)(=O)c1ccc(S(=O)(=O)NC2CC2)cc1. The largest absolute Gasteiger partial charge is 0.465 e. The first-order chi connectivity index (χ1) is 12.2. The summed E-state index contributed by atoms with van der Waals surface area (Å²) in [5.74, 6) is -0.627. The van der Waals surface area contributed by atoms with Gasteiger partial charge in [0.15, 0.2) is 0 Å². The van der Waals surface area contributed by atoms with Crippen LogP contribution in [0.1, 0.15) is 33.1 Å². The van der Waals surface area contributed by atoms with Gasteiger partial charge in [0, 0.05) is 12.6 Å². The normalized spacial score (nSPS) is 15.2. The van der Waals surface area contributed by atoms with Crippen molar-refractivity contribution in [1.82, 2.24) is 9.03 Å². The Balaban J connectivity index is 2.21. The Morgan fingerprint density at radius 1 is 1.12 bits per heavy atom. The van der Waals surface area contributed by atoms with E-state index in [2.05, 4.69) is 4.72 Å². The fourth-order valence-corrected chi connectivity index (χ4v) is 5.09. The fourth-order valence-electron chi connectivity index (χ4n) is 2.31. The smallest absolute Gasteiger partial charge is 0.321 e. The lowest BCUT2D eigenvalue weighted by Gasteiger charge is -2.20. The molecular weight excluding hydrogens is 380 g/mol. The Morgan fingerprint density at radius 2 is 1.69 bits per heavy atom. The van der Waals surface area contributed by atoms with Crippen molar-refractivity contribution in [2.24, 2.45) is 0 Å². The van der Waals surface area contributed by atoms with Gasteiger partial charge in [0.1, 0.15) is 6.54 Å². The van der Waals surface area contributed by atoms with Gasteiger partial charge in [0.25, 0.3) is 0 Å². The monoisotopic (exact) mass is 404 g/mol. The van der Waals surface area contributed by atoms with E-state index in [0.717, 1.165) is 17.1 Å². The summed E-state index contributed by atoms with van der Waals surface area (Å²) in [6, 6.07) is 4.96. The van der Waals surface area contributed by atoms with E-state index in [1.54, 1.807) is 13.8 Å². The van der Waals surface area contributed by atoms with Crippen molar-refractivity contribution in [1.29, 1.82) is 0 Å². The van der Waals surface area contributed by atoms with Crippen LogP contribution in [0.5, 0.6) is 0 Å². The van der Waals surface area contributed by atoms with Crippen LogP contribution in [0, 0.1) is 0 Å². The minimum Gasteiger partial charge on any atom is -0.465 e. The van der Waals surface area contributed by atoms with E-state index in [0.29, 0.717) is 6.42 Å². The van der Waals surface area contributed by atoms with Gasteiger partial charge in [0.2, 0.25) is 20.0 Å². The average Bonchev–Trinajstić information content (AvgIpc) is 3.38. The molecule has 0 spiro atoms. The first-order valence-corrected chi connectivity index (χ1v) is 11.4. The predicted octanol–water partition coefficient (Wildman–Crippen LogP) is 1.09. The van der Waals surface area contributed by atoms with Crippen LogP contribution in [-0.4, -0.2) is 52.8 Å². The number of carbonyl (C=O) groups excluding carboxylic acids is 1. The zero-order chi connectivity index (χ0) is 19.4. The second-order valence-corrected chi connectivity index (χ2v) is 9.66. The second kappa shape index (κ2) is 8.47. The molecule has 0 saturated heterocycles. The Kier molecular flexibility index (Phi) is 6.78. The molecule has 0 aromatic heterocycles. The summed E-state index contributed by atoms with van der Waals surface area (Å²) in [6.07, 6.45) is 2.15. The summed E-state index contributed by atoms with van der Waals surface area (Å²) < 4.78 is 58.3. The number of carbonyl (C=O) groups is 1. The molecule has 0 unspecified atom stereocenters. The van der Waals surface area contributed by atoms with Gasteiger partial charge in [0.05, 0.1) is 16.4 Å². The summed E-state index contributed by atoms with van der Waals surface area (Å²) in [4.78, 5) is 11.6. The maximum atomic E-state index is 12.8. The third kappa shape index (κ3) is 5.26. The molecule has 26 heavy (non-hydrogen) atoms. The maximum absolute atomic E-state index is 12.8. The van der Waals surface area contributed by atoms with Gasteiger partial charge in [-0.25, -0.2) is 21.6 Å². The molecule has 1 saturated carbocycles. The molecule has 8 nitrogen and oxygen atoms in total. The van der Waals surface area contributed by atoms with Gasteiger partial charge in [-0.1, -0.05) is 6.92 Å². The molecule has 0 bridgehead atoms. The number of hydrogen-bond acceptors (Lipinski definition) is 6. The third-order valence-corrected chi connectivity index (χ3v) is 7.15. The Morgan fingerprint density at radius 3 is 2.19 bits per heavy atom. The van der Waals surface area contributed by atoms with Gasteiger partial charge in [-0.05, 0) is 50.5 Å². The molecule has 1 aliphatic carbocycles. The van der Waals surface area contributed by atoms with Gasteiger partial charge in [-0.15, -0.1) is 0 Å². The Hall–Kier alpha value is -1.49. The van der Waals surface area contributed by atoms with Crippen LogP contribution in [0.2, 0.25) is 0 Å². The first kappa shape index (κ1) is 20.8. The van der Waals surface area contributed by atoms with Crippen LogP contribution in [0.3, 0.4) is 0 Å². The molecule has 2 rings (SSSR count). The Labute approximate surface area is 154 Å².